The van der Waals surface area contributed by atoms with Gasteiger partial charge in [-0.15, -0.1) is 0 Å². The van der Waals surface area contributed by atoms with Crippen LogP contribution in [0.2, 0.25) is 0 Å². The zero-order valence-corrected chi connectivity index (χ0v) is 14.7. The van der Waals surface area contributed by atoms with Crippen molar-refractivity contribution in [3.8, 4) is 11.8 Å². The average molecular weight is 352 g/mol. The molecule has 0 aromatic heterocycles. The van der Waals surface area contributed by atoms with Crippen molar-refractivity contribution in [2.24, 2.45) is 0 Å². The van der Waals surface area contributed by atoms with E-state index >= 15 is 0 Å². The molecule has 2 aromatic carbocycles. The summed E-state index contributed by atoms with van der Waals surface area (Å²) in [6.45, 7) is 3.63. The van der Waals surface area contributed by atoms with E-state index in [4.69, 9.17) is 10.00 Å². The number of nitriles is 1. The van der Waals surface area contributed by atoms with Gasteiger partial charge in [0.05, 0.1) is 18.1 Å². The number of carbonyl (C=O) groups is 2. The fourth-order valence-electron chi connectivity index (χ4n) is 2.55. The molecule has 2 aromatic rings. The van der Waals surface area contributed by atoms with Crippen LogP contribution in [0, 0.1) is 25.2 Å². The van der Waals surface area contributed by atoms with E-state index in [0.29, 0.717) is 5.69 Å². The number of hydrogen-bond donors (Lipinski definition) is 1. The first kappa shape index (κ1) is 19.0. The first-order valence-corrected chi connectivity index (χ1v) is 8.12. The summed E-state index contributed by atoms with van der Waals surface area (Å²) in [5.74, 6) is -1.02. The molecule has 0 fully saturated rings. The molecule has 0 saturated heterocycles. The topological polar surface area (TPSA) is 90.6 Å². The lowest BCUT2D eigenvalue weighted by Gasteiger charge is -2.22. The molecule has 6 heteroatoms. The van der Waals surface area contributed by atoms with Gasteiger partial charge in [-0.25, -0.2) is 4.79 Å². The van der Waals surface area contributed by atoms with Crippen LogP contribution in [0.25, 0.3) is 0 Å². The highest BCUT2D eigenvalue weighted by Gasteiger charge is 2.18. The Labute approximate surface area is 152 Å². The third-order valence-electron chi connectivity index (χ3n) is 3.70. The molecule has 0 aliphatic heterocycles. The highest BCUT2D eigenvalue weighted by Crippen LogP contribution is 2.20. The molecule has 0 heterocycles. The van der Waals surface area contributed by atoms with E-state index in [1.807, 2.05) is 38.1 Å². The maximum Gasteiger partial charge on any atom is 0.338 e. The number of rotatable bonds is 6. The van der Waals surface area contributed by atoms with Crippen LogP contribution < -0.4 is 4.90 Å². The van der Waals surface area contributed by atoms with Gasteiger partial charge in [0.15, 0.2) is 6.61 Å². The summed E-state index contributed by atoms with van der Waals surface area (Å²) >= 11 is 0. The molecule has 0 atom stereocenters. The second-order valence-electron chi connectivity index (χ2n) is 5.92. The molecule has 0 aliphatic carbocycles. The van der Waals surface area contributed by atoms with Crippen molar-refractivity contribution in [1.82, 2.24) is 0 Å². The van der Waals surface area contributed by atoms with Crippen LogP contribution in [0.5, 0.6) is 5.75 Å². The number of nitrogens with zero attached hydrogens (tertiary/aromatic N) is 2. The SMILES string of the molecule is Cc1cc(C)cc(N(CCC#N)C(=O)COC(=O)c2ccc(O)cc2)c1. The molecule has 1 amide bonds. The molecule has 0 spiro atoms. The van der Waals surface area contributed by atoms with Crippen LogP contribution in [0.3, 0.4) is 0 Å². The van der Waals surface area contributed by atoms with Crippen molar-refractivity contribution in [3.63, 3.8) is 0 Å². The highest BCUT2D eigenvalue weighted by molar-refractivity contribution is 5.97. The van der Waals surface area contributed by atoms with Crippen molar-refractivity contribution in [1.29, 1.82) is 5.26 Å². The molecule has 6 nitrogen and oxygen atoms in total. The molecule has 0 aliphatic rings. The number of anilines is 1. The van der Waals surface area contributed by atoms with Gasteiger partial charge >= 0.3 is 5.97 Å². The number of carbonyl (C=O) groups excluding carboxylic acids is 2. The van der Waals surface area contributed by atoms with Crippen LogP contribution in [0.15, 0.2) is 42.5 Å². The lowest BCUT2D eigenvalue weighted by atomic mass is 10.1. The van der Waals surface area contributed by atoms with Gasteiger partial charge < -0.3 is 14.7 Å². The molecule has 0 bridgehead atoms. The Hall–Kier alpha value is -3.33. The van der Waals surface area contributed by atoms with E-state index in [1.165, 1.54) is 29.2 Å². The highest BCUT2D eigenvalue weighted by atomic mass is 16.5. The lowest BCUT2D eigenvalue weighted by Crippen LogP contribution is -2.35. The fourth-order valence-corrected chi connectivity index (χ4v) is 2.55. The predicted molar refractivity (Wildman–Crippen MR) is 96.9 cm³/mol. The zero-order chi connectivity index (χ0) is 19.1. The first-order valence-electron chi connectivity index (χ1n) is 8.12. The Morgan fingerprint density at radius 1 is 1.12 bits per heavy atom. The summed E-state index contributed by atoms with van der Waals surface area (Å²) in [7, 11) is 0. The third-order valence-corrected chi connectivity index (χ3v) is 3.70. The molecule has 1 N–H and O–H groups in total. The van der Waals surface area contributed by atoms with Crippen LogP contribution in [0.4, 0.5) is 5.69 Å². The van der Waals surface area contributed by atoms with E-state index in [-0.39, 0.29) is 24.3 Å². The quantitative estimate of drug-likeness (QED) is 0.807. The van der Waals surface area contributed by atoms with E-state index < -0.39 is 18.5 Å². The summed E-state index contributed by atoms with van der Waals surface area (Å²) in [4.78, 5) is 26.0. The molecule has 2 rings (SSSR count). The number of phenolic OH excluding ortho intramolecular Hbond substituents is 1. The lowest BCUT2D eigenvalue weighted by molar-refractivity contribution is -0.121. The van der Waals surface area contributed by atoms with Gasteiger partial charge in [0.25, 0.3) is 5.91 Å². The number of phenols is 1. The fraction of sp³-hybridized carbons (Fsp3) is 0.250. The second-order valence-corrected chi connectivity index (χ2v) is 5.92. The molecular formula is C20H20N2O4. The predicted octanol–water partition coefficient (Wildman–Crippen LogP) is 3.11. The van der Waals surface area contributed by atoms with Gasteiger partial charge in [-0.1, -0.05) is 6.07 Å². The smallest absolute Gasteiger partial charge is 0.338 e. The number of benzene rings is 2. The molecule has 134 valence electrons. The number of amides is 1. The Morgan fingerprint density at radius 2 is 1.73 bits per heavy atom. The van der Waals surface area contributed by atoms with Crippen LogP contribution >= 0.6 is 0 Å². The third kappa shape index (κ3) is 5.08. The second kappa shape index (κ2) is 8.67. The van der Waals surface area contributed by atoms with Gasteiger partial charge in [0.2, 0.25) is 0 Å². The first-order chi connectivity index (χ1) is 12.4. The summed E-state index contributed by atoms with van der Waals surface area (Å²) in [6, 6.07) is 13.3. The van der Waals surface area contributed by atoms with Gasteiger partial charge in [0.1, 0.15) is 5.75 Å². The van der Waals surface area contributed by atoms with Crippen LogP contribution in [-0.4, -0.2) is 30.1 Å². The standard InChI is InChI=1S/C20H20N2O4/c1-14-10-15(2)12-17(11-14)22(9-3-8-21)19(24)13-26-20(25)16-4-6-18(23)7-5-16/h4-7,10-12,23H,3,9,13H2,1-2H3. The van der Waals surface area contributed by atoms with Crippen molar-refractivity contribution < 1.29 is 19.4 Å². The Morgan fingerprint density at radius 3 is 2.31 bits per heavy atom. The van der Waals surface area contributed by atoms with Crippen molar-refractivity contribution >= 4 is 17.6 Å². The average Bonchev–Trinajstić information content (AvgIpc) is 2.59. The number of aryl methyl sites for hydroxylation is 2. The summed E-state index contributed by atoms with van der Waals surface area (Å²) < 4.78 is 5.08. The Balaban J connectivity index is 2.10. The van der Waals surface area contributed by atoms with Crippen LogP contribution in [0.1, 0.15) is 27.9 Å². The maximum atomic E-state index is 12.6. The van der Waals surface area contributed by atoms with E-state index in [2.05, 4.69) is 0 Å². The molecule has 26 heavy (non-hydrogen) atoms. The minimum absolute atomic E-state index is 0.0372. The maximum absolute atomic E-state index is 12.6. The van der Waals surface area contributed by atoms with Gasteiger partial charge in [-0.2, -0.15) is 5.26 Å². The molecule has 0 radical (unpaired) electrons. The number of esters is 1. The van der Waals surface area contributed by atoms with E-state index in [1.54, 1.807) is 0 Å². The molecule has 0 saturated carbocycles. The van der Waals surface area contributed by atoms with Crippen molar-refractivity contribution in [3.05, 3.63) is 59.2 Å². The molecular weight excluding hydrogens is 332 g/mol. The Bertz CT molecular complexity index is 818. The normalized spacial score (nSPS) is 10.0. The largest absolute Gasteiger partial charge is 0.508 e. The van der Waals surface area contributed by atoms with Gasteiger partial charge in [0, 0.05) is 12.2 Å². The Kier molecular flexibility index (Phi) is 6.34. The van der Waals surface area contributed by atoms with Crippen molar-refractivity contribution in [2.45, 2.75) is 20.3 Å². The van der Waals surface area contributed by atoms with E-state index in [0.717, 1.165) is 11.1 Å². The van der Waals surface area contributed by atoms with Gasteiger partial charge in [-0.3, -0.25) is 4.79 Å². The summed E-state index contributed by atoms with van der Waals surface area (Å²) in [5.41, 5.74) is 2.90. The number of hydrogen-bond acceptors (Lipinski definition) is 5. The summed E-state index contributed by atoms with van der Waals surface area (Å²) in [5, 5.41) is 18.1. The van der Waals surface area contributed by atoms with E-state index in [9.17, 15) is 14.7 Å². The minimum Gasteiger partial charge on any atom is -0.508 e. The number of aromatic hydroxyl groups is 1. The zero-order valence-electron chi connectivity index (χ0n) is 14.7. The summed E-state index contributed by atoms with van der Waals surface area (Å²) in [6.07, 6.45) is 0.171. The van der Waals surface area contributed by atoms with Gasteiger partial charge in [-0.05, 0) is 61.4 Å². The minimum atomic E-state index is -0.654. The van der Waals surface area contributed by atoms with Crippen molar-refractivity contribution in [2.75, 3.05) is 18.1 Å². The van der Waals surface area contributed by atoms with Crippen LogP contribution in [-0.2, 0) is 9.53 Å². The monoisotopic (exact) mass is 352 g/mol. The number of ether oxygens (including phenoxy) is 1. The molecule has 0 unspecified atom stereocenters.